The van der Waals surface area contributed by atoms with E-state index in [1.54, 1.807) is 0 Å². The third-order valence-corrected chi connectivity index (χ3v) is 10.2. The van der Waals surface area contributed by atoms with Gasteiger partial charge in [-0.2, -0.15) is 0 Å². The van der Waals surface area contributed by atoms with E-state index in [1.807, 2.05) is 36.4 Å². The maximum absolute atomic E-state index is 6.79. The fraction of sp³-hybridized carbons (Fsp3) is 0.0204. The number of furan rings is 1. The molecule has 0 fully saturated rings. The van der Waals surface area contributed by atoms with Crippen molar-refractivity contribution in [2.45, 2.75) is 6.17 Å². The standard InChI is InChI=1S/C49H33N3O/c1-4-14-32(15-5-1)33-26-28-36(29-27-33)48-50-47(35-18-8-3-9-19-35)51-49(52-48)43-24-13-25-44-45(43)42-23-12-22-41(46(42)53-44)40-31-30-37(34-16-6-2-7-17-34)38-20-10-11-21-39(38)40/h1-31,48H,(H,50,51,52). The van der Waals surface area contributed by atoms with Gasteiger partial charge < -0.3 is 9.73 Å². The van der Waals surface area contributed by atoms with Gasteiger partial charge in [0.1, 0.15) is 23.2 Å². The minimum atomic E-state index is -0.332. The third-order valence-electron chi connectivity index (χ3n) is 10.2. The molecule has 1 atom stereocenters. The van der Waals surface area contributed by atoms with E-state index >= 15 is 0 Å². The molecule has 0 radical (unpaired) electrons. The van der Waals surface area contributed by atoms with Crippen LogP contribution >= 0.6 is 0 Å². The third kappa shape index (κ3) is 5.49. The van der Waals surface area contributed by atoms with Crippen LogP contribution in [0.3, 0.4) is 0 Å². The zero-order chi connectivity index (χ0) is 35.1. The maximum Gasteiger partial charge on any atom is 0.160 e. The predicted molar refractivity (Wildman–Crippen MR) is 219 cm³/mol. The highest BCUT2D eigenvalue weighted by Crippen LogP contribution is 2.42. The lowest BCUT2D eigenvalue weighted by atomic mass is 9.91. The van der Waals surface area contributed by atoms with Crippen molar-refractivity contribution in [1.82, 2.24) is 5.32 Å². The fourth-order valence-corrected chi connectivity index (χ4v) is 7.62. The molecule has 1 N–H and O–H groups in total. The van der Waals surface area contributed by atoms with E-state index in [2.05, 4.69) is 157 Å². The SMILES string of the molecule is c1ccc(C2=NC(c3cccc4oc5c(-c6ccc(-c7ccccc7)c7ccccc67)cccc5c34)=NC(c3ccc(-c4ccccc4)cc3)N2)cc1. The maximum atomic E-state index is 6.79. The monoisotopic (exact) mass is 679 g/mol. The molecule has 0 amide bonds. The van der Waals surface area contributed by atoms with Crippen molar-refractivity contribution in [2.24, 2.45) is 9.98 Å². The summed E-state index contributed by atoms with van der Waals surface area (Å²) in [6.45, 7) is 0. The summed E-state index contributed by atoms with van der Waals surface area (Å²) in [7, 11) is 0. The van der Waals surface area contributed by atoms with Gasteiger partial charge in [-0.3, -0.25) is 0 Å². The van der Waals surface area contributed by atoms with Gasteiger partial charge in [0.2, 0.25) is 0 Å². The quantitative estimate of drug-likeness (QED) is 0.190. The summed E-state index contributed by atoms with van der Waals surface area (Å²) >= 11 is 0. The number of nitrogens with zero attached hydrogens (tertiary/aromatic N) is 2. The average molecular weight is 680 g/mol. The summed E-state index contributed by atoms with van der Waals surface area (Å²) in [5.74, 6) is 1.44. The van der Waals surface area contributed by atoms with Crippen LogP contribution < -0.4 is 5.32 Å². The molecule has 4 nitrogen and oxygen atoms in total. The summed E-state index contributed by atoms with van der Waals surface area (Å²) in [5.41, 5.74) is 11.6. The van der Waals surface area contributed by atoms with Crippen molar-refractivity contribution in [3.05, 3.63) is 205 Å². The Labute approximate surface area is 307 Å². The second kappa shape index (κ2) is 12.9. The van der Waals surface area contributed by atoms with E-state index < -0.39 is 0 Å². The van der Waals surface area contributed by atoms with Crippen molar-refractivity contribution in [2.75, 3.05) is 0 Å². The molecule has 8 aromatic carbocycles. The Morgan fingerprint density at radius 2 is 0.981 bits per heavy atom. The number of benzene rings is 8. The van der Waals surface area contributed by atoms with Crippen LogP contribution in [0.25, 0.3) is 66.1 Å². The molecule has 4 heteroatoms. The van der Waals surface area contributed by atoms with Crippen LogP contribution in [0.4, 0.5) is 0 Å². The lowest BCUT2D eigenvalue weighted by Crippen LogP contribution is -2.33. The topological polar surface area (TPSA) is 49.9 Å². The fourth-order valence-electron chi connectivity index (χ4n) is 7.62. The van der Waals surface area contributed by atoms with Gasteiger partial charge >= 0.3 is 0 Å². The number of amidine groups is 2. The van der Waals surface area contributed by atoms with Crippen LogP contribution in [-0.4, -0.2) is 11.7 Å². The van der Waals surface area contributed by atoms with Gasteiger partial charge in [-0.05, 0) is 50.2 Å². The van der Waals surface area contributed by atoms with Gasteiger partial charge in [0.25, 0.3) is 0 Å². The molecular formula is C49H33N3O. The van der Waals surface area contributed by atoms with Gasteiger partial charge in [0, 0.05) is 27.5 Å². The molecule has 1 aromatic heterocycles. The first-order chi connectivity index (χ1) is 26.3. The molecule has 2 heterocycles. The first-order valence-corrected chi connectivity index (χ1v) is 17.9. The van der Waals surface area contributed by atoms with Crippen LogP contribution in [0.5, 0.6) is 0 Å². The Kier molecular flexibility index (Phi) is 7.51. The summed E-state index contributed by atoms with van der Waals surface area (Å²) in [4.78, 5) is 10.4. The molecule has 0 bridgehead atoms. The van der Waals surface area contributed by atoms with Crippen LogP contribution in [0.1, 0.15) is 22.9 Å². The molecule has 1 unspecified atom stereocenters. The second-order valence-electron chi connectivity index (χ2n) is 13.3. The first-order valence-electron chi connectivity index (χ1n) is 17.9. The van der Waals surface area contributed by atoms with Crippen LogP contribution in [-0.2, 0) is 0 Å². The second-order valence-corrected chi connectivity index (χ2v) is 13.3. The van der Waals surface area contributed by atoms with Gasteiger partial charge in [0.15, 0.2) is 5.84 Å². The molecule has 1 aliphatic rings. The largest absolute Gasteiger partial charge is 0.455 e. The van der Waals surface area contributed by atoms with Crippen molar-refractivity contribution < 1.29 is 4.42 Å². The molecule has 10 rings (SSSR count). The minimum Gasteiger partial charge on any atom is -0.455 e. The van der Waals surface area contributed by atoms with Crippen LogP contribution in [0.15, 0.2) is 202 Å². The van der Waals surface area contributed by atoms with Crippen molar-refractivity contribution >= 4 is 44.4 Å². The minimum absolute atomic E-state index is 0.332. The Hall–Kier alpha value is -7.04. The van der Waals surface area contributed by atoms with Gasteiger partial charge in [-0.25, -0.2) is 9.98 Å². The number of para-hydroxylation sites is 1. The number of aliphatic imine (C=N–C) groups is 2. The Balaban J connectivity index is 1.12. The summed E-state index contributed by atoms with van der Waals surface area (Å²) in [5, 5.41) is 8.06. The Bertz CT molecular complexity index is 2840. The number of rotatable bonds is 6. The summed E-state index contributed by atoms with van der Waals surface area (Å²) in [6.07, 6.45) is -0.332. The normalized spacial score (nSPS) is 14.2. The predicted octanol–water partition coefficient (Wildman–Crippen LogP) is 12.2. The number of hydrogen-bond acceptors (Lipinski definition) is 4. The molecule has 9 aromatic rings. The van der Waals surface area contributed by atoms with Gasteiger partial charge in [0.05, 0.1) is 0 Å². The Morgan fingerprint density at radius 1 is 0.415 bits per heavy atom. The number of nitrogens with one attached hydrogen (secondary N) is 1. The van der Waals surface area contributed by atoms with Crippen molar-refractivity contribution in [3.63, 3.8) is 0 Å². The van der Waals surface area contributed by atoms with E-state index in [0.29, 0.717) is 5.84 Å². The zero-order valence-corrected chi connectivity index (χ0v) is 28.8. The van der Waals surface area contributed by atoms with Crippen LogP contribution in [0.2, 0.25) is 0 Å². The number of hydrogen-bond donors (Lipinski definition) is 1. The van der Waals surface area contributed by atoms with E-state index in [4.69, 9.17) is 14.4 Å². The molecule has 0 spiro atoms. The molecule has 1 aliphatic heterocycles. The zero-order valence-electron chi connectivity index (χ0n) is 28.8. The summed E-state index contributed by atoms with van der Waals surface area (Å²) in [6, 6.07) is 65.7. The smallest absolute Gasteiger partial charge is 0.160 e. The van der Waals surface area contributed by atoms with Gasteiger partial charge in [-0.15, -0.1) is 0 Å². The molecule has 53 heavy (non-hydrogen) atoms. The number of fused-ring (bicyclic) bond motifs is 4. The van der Waals surface area contributed by atoms with E-state index in [1.165, 1.54) is 33.0 Å². The highest BCUT2D eigenvalue weighted by atomic mass is 16.3. The molecule has 0 saturated carbocycles. The van der Waals surface area contributed by atoms with E-state index in [9.17, 15) is 0 Å². The van der Waals surface area contributed by atoms with Gasteiger partial charge in [-0.1, -0.05) is 182 Å². The lowest BCUT2D eigenvalue weighted by Gasteiger charge is -2.24. The molecule has 0 aliphatic carbocycles. The molecule has 0 saturated heterocycles. The lowest BCUT2D eigenvalue weighted by molar-refractivity contribution is 0.669. The Morgan fingerprint density at radius 3 is 1.72 bits per heavy atom. The summed E-state index contributed by atoms with van der Waals surface area (Å²) < 4.78 is 6.79. The first kappa shape index (κ1) is 30.8. The van der Waals surface area contributed by atoms with Crippen molar-refractivity contribution in [3.8, 4) is 33.4 Å². The van der Waals surface area contributed by atoms with E-state index in [0.717, 1.165) is 55.6 Å². The molecule has 250 valence electrons. The highest BCUT2D eigenvalue weighted by Gasteiger charge is 2.24. The highest BCUT2D eigenvalue weighted by molar-refractivity contribution is 6.23. The van der Waals surface area contributed by atoms with Crippen LogP contribution in [0, 0.1) is 0 Å². The molecular weight excluding hydrogens is 647 g/mol. The van der Waals surface area contributed by atoms with E-state index in [-0.39, 0.29) is 6.17 Å². The average Bonchev–Trinajstić information content (AvgIpc) is 3.64. The van der Waals surface area contributed by atoms with Crippen molar-refractivity contribution in [1.29, 1.82) is 0 Å².